The molecular weight excluding hydrogens is 413 g/mol. The van der Waals surface area contributed by atoms with E-state index >= 15 is 0 Å². The summed E-state index contributed by atoms with van der Waals surface area (Å²) in [7, 11) is -3.54. The average Bonchev–Trinajstić information content (AvgIpc) is 2.40. The molecule has 15 heteroatoms. The first-order valence-electron chi connectivity index (χ1n) is 5.52. The molecule has 0 radical (unpaired) electrons. The van der Waals surface area contributed by atoms with Crippen LogP contribution < -0.4 is 0 Å². The molecule has 1 heterocycles. The molecule has 1 aliphatic heterocycles. The van der Waals surface area contributed by atoms with Crippen molar-refractivity contribution >= 4 is 91.6 Å². The maximum atomic E-state index is 5.54. The summed E-state index contributed by atoms with van der Waals surface area (Å²) in [5.74, 6) is 0. The zero-order chi connectivity index (χ0) is 15.8. The number of alkyl halides is 6. The topological polar surface area (TPSA) is 55.4 Å². The molecule has 0 aromatic carbocycles. The molecule has 21 heavy (non-hydrogen) atoms. The van der Waals surface area contributed by atoms with Crippen LogP contribution >= 0.6 is 69.6 Å². The molecule has 120 valence electrons. The number of halogens is 6. The van der Waals surface area contributed by atoms with Crippen LogP contribution in [0, 0.1) is 0 Å². The highest BCUT2D eigenvalue weighted by atomic mass is 35.5. The van der Waals surface area contributed by atoms with Gasteiger partial charge >= 0.3 is 22.0 Å². The first-order chi connectivity index (χ1) is 9.86. The Balaban J connectivity index is 2.46. The van der Waals surface area contributed by atoms with Crippen LogP contribution in [-0.2, 0) is 27.7 Å². The van der Waals surface area contributed by atoms with Gasteiger partial charge in [-0.15, -0.1) is 69.6 Å². The van der Waals surface area contributed by atoms with Crippen LogP contribution in [0.3, 0.4) is 0 Å². The summed E-state index contributed by atoms with van der Waals surface area (Å²) in [5.41, 5.74) is 0. The molecule has 1 saturated heterocycles. The van der Waals surface area contributed by atoms with Gasteiger partial charge in [0.15, 0.2) is 0 Å². The standard InChI is InChI=1S/C6H9B3Cl6O6/c10-4(11)1-16-7-19-8(17-2-5(12)13)21-9(20-7)18-3-6(14)15/h4-6H,1-3H2. The van der Waals surface area contributed by atoms with Crippen molar-refractivity contribution in [2.45, 2.75) is 14.5 Å². The molecule has 0 atom stereocenters. The average molecular weight is 422 g/mol. The summed E-state index contributed by atoms with van der Waals surface area (Å²) >= 11 is 33.2. The van der Waals surface area contributed by atoms with E-state index in [1.54, 1.807) is 0 Å². The summed E-state index contributed by atoms with van der Waals surface area (Å²) in [5, 5.41) is 0. The second-order valence-corrected chi connectivity index (χ2v) is 7.28. The van der Waals surface area contributed by atoms with Crippen molar-refractivity contribution in [3.05, 3.63) is 0 Å². The second kappa shape index (κ2) is 11.3. The quantitative estimate of drug-likeness (QED) is 0.421. The normalized spacial score (nSPS) is 16.7. The Morgan fingerprint density at radius 3 is 1.00 bits per heavy atom. The monoisotopic (exact) mass is 420 g/mol. The smallest absolute Gasteiger partial charge is 0.400 e. The molecule has 6 nitrogen and oxygen atoms in total. The molecule has 0 amide bonds. The number of hydrogen-bond donors (Lipinski definition) is 0. The molecular formula is C6H9B3Cl6O6. The van der Waals surface area contributed by atoms with E-state index in [9.17, 15) is 0 Å². The van der Waals surface area contributed by atoms with Crippen LogP contribution in [0.2, 0.25) is 0 Å². The fourth-order valence-corrected chi connectivity index (χ4v) is 1.49. The van der Waals surface area contributed by atoms with E-state index < -0.39 is 36.5 Å². The largest absolute Gasteiger partial charge is 0.615 e. The van der Waals surface area contributed by atoms with Crippen molar-refractivity contribution in [3.8, 4) is 0 Å². The van der Waals surface area contributed by atoms with Crippen molar-refractivity contribution < 1.29 is 27.7 Å². The lowest BCUT2D eigenvalue weighted by Crippen LogP contribution is -2.53. The third-order valence-electron chi connectivity index (χ3n) is 1.74. The Hall–Kier alpha value is 1.69. The molecule has 0 aliphatic carbocycles. The van der Waals surface area contributed by atoms with E-state index in [1.807, 2.05) is 0 Å². The van der Waals surface area contributed by atoms with Crippen molar-refractivity contribution in [2.24, 2.45) is 0 Å². The van der Waals surface area contributed by atoms with Crippen molar-refractivity contribution in [1.29, 1.82) is 0 Å². The molecule has 0 N–H and O–H groups in total. The summed E-state index contributed by atoms with van der Waals surface area (Å²) < 4.78 is 30.9. The zero-order valence-electron chi connectivity index (χ0n) is 10.3. The summed E-state index contributed by atoms with van der Waals surface area (Å²) in [4.78, 5) is -2.28. The van der Waals surface area contributed by atoms with Gasteiger partial charge in [-0.1, -0.05) is 0 Å². The molecule has 0 aromatic rings. The van der Waals surface area contributed by atoms with Crippen LogP contribution in [-0.4, -0.2) is 56.3 Å². The van der Waals surface area contributed by atoms with Crippen molar-refractivity contribution in [2.75, 3.05) is 19.8 Å². The SMILES string of the molecule is ClC(Cl)COB1OB(OCC(Cl)Cl)OB(OCC(Cl)Cl)O1. The Bertz CT molecular complexity index is 243. The lowest BCUT2D eigenvalue weighted by molar-refractivity contribution is 0.0713. The van der Waals surface area contributed by atoms with E-state index in [0.717, 1.165) is 0 Å². The van der Waals surface area contributed by atoms with E-state index in [2.05, 4.69) is 0 Å². The van der Waals surface area contributed by atoms with Crippen LogP contribution in [0.5, 0.6) is 0 Å². The highest BCUT2D eigenvalue weighted by Gasteiger charge is 2.47. The van der Waals surface area contributed by atoms with E-state index in [4.69, 9.17) is 97.3 Å². The van der Waals surface area contributed by atoms with Gasteiger partial charge in [0, 0.05) is 0 Å². The molecule has 0 aromatic heterocycles. The second-order valence-electron chi connectivity index (χ2n) is 3.45. The van der Waals surface area contributed by atoms with Crippen LogP contribution in [0.1, 0.15) is 0 Å². The number of hydrogen-bond acceptors (Lipinski definition) is 6. The Labute approximate surface area is 153 Å². The van der Waals surface area contributed by atoms with Gasteiger partial charge in [0.2, 0.25) is 0 Å². The highest BCUT2D eigenvalue weighted by molar-refractivity contribution is 6.67. The molecule has 0 unspecified atom stereocenters. The van der Waals surface area contributed by atoms with Gasteiger partial charge in [-0.3, -0.25) is 0 Å². The minimum absolute atomic E-state index is 0.0471. The third-order valence-corrected chi connectivity index (χ3v) is 2.50. The molecule has 0 bridgehead atoms. The Morgan fingerprint density at radius 2 is 0.810 bits per heavy atom. The fourth-order valence-electron chi connectivity index (χ4n) is 1.06. The minimum Gasteiger partial charge on any atom is -0.400 e. The lowest BCUT2D eigenvalue weighted by Gasteiger charge is -2.28. The van der Waals surface area contributed by atoms with E-state index in [1.165, 1.54) is 0 Å². The Kier molecular flexibility index (Phi) is 11.1. The lowest BCUT2D eigenvalue weighted by atomic mass is 9.96. The first kappa shape index (κ1) is 20.7. The summed E-state index contributed by atoms with van der Waals surface area (Å²) in [6.07, 6.45) is 0. The van der Waals surface area contributed by atoms with Gasteiger partial charge in [-0.25, -0.2) is 0 Å². The zero-order valence-corrected chi connectivity index (χ0v) is 14.8. The van der Waals surface area contributed by atoms with Crippen LogP contribution in [0.15, 0.2) is 0 Å². The third kappa shape index (κ3) is 10.2. The Morgan fingerprint density at radius 1 is 0.571 bits per heavy atom. The van der Waals surface area contributed by atoms with E-state index in [0.29, 0.717) is 0 Å². The van der Waals surface area contributed by atoms with Gasteiger partial charge in [-0.05, 0) is 0 Å². The maximum absolute atomic E-state index is 5.54. The number of rotatable bonds is 9. The van der Waals surface area contributed by atoms with Crippen molar-refractivity contribution in [1.82, 2.24) is 0 Å². The minimum atomic E-state index is -1.18. The summed E-state index contributed by atoms with van der Waals surface area (Å²) in [6.45, 7) is -0.141. The van der Waals surface area contributed by atoms with Crippen LogP contribution in [0.25, 0.3) is 0 Å². The van der Waals surface area contributed by atoms with Gasteiger partial charge < -0.3 is 27.7 Å². The first-order valence-corrected chi connectivity index (χ1v) is 8.14. The fraction of sp³-hybridized carbons (Fsp3) is 1.00. The van der Waals surface area contributed by atoms with E-state index in [-0.39, 0.29) is 19.8 Å². The highest BCUT2D eigenvalue weighted by Crippen LogP contribution is 2.15. The van der Waals surface area contributed by atoms with Crippen LogP contribution in [0.4, 0.5) is 0 Å². The van der Waals surface area contributed by atoms with Gasteiger partial charge in [0.1, 0.15) is 14.5 Å². The van der Waals surface area contributed by atoms with Gasteiger partial charge in [0.25, 0.3) is 0 Å². The molecule has 1 fully saturated rings. The molecule has 0 saturated carbocycles. The molecule has 1 aliphatic rings. The van der Waals surface area contributed by atoms with Gasteiger partial charge in [-0.2, -0.15) is 0 Å². The predicted molar refractivity (Wildman–Crippen MR) is 84.9 cm³/mol. The molecule has 0 spiro atoms. The predicted octanol–water partition coefficient (Wildman–Crippen LogP) is 2.47. The van der Waals surface area contributed by atoms with Gasteiger partial charge in [0.05, 0.1) is 19.8 Å². The molecule has 1 rings (SSSR count). The summed E-state index contributed by atoms with van der Waals surface area (Å²) in [6, 6.07) is 0. The van der Waals surface area contributed by atoms with Crippen molar-refractivity contribution in [3.63, 3.8) is 0 Å². The maximum Gasteiger partial charge on any atom is 0.615 e.